The van der Waals surface area contributed by atoms with Crippen LogP contribution in [0.25, 0.3) is 16.6 Å². The first-order valence-corrected chi connectivity index (χ1v) is 8.77. The lowest BCUT2D eigenvalue weighted by atomic mass is 10.1. The van der Waals surface area contributed by atoms with Crippen LogP contribution in [0.5, 0.6) is 5.75 Å². The second-order valence-corrected chi connectivity index (χ2v) is 6.54. The predicted octanol–water partition coefficient (Wildman–Crippen LogP) is 4.00. The van der Waals surface area contributed by atoms with Crippen LogP contribution in [0.2, 0.25) is 5.02 Å². The summed E-state index contributed by atoms with van der Waals surface area (Å²) in [6.45, 7) is 0. The number of carbonyl (C=O) groups is 1. The summed E-state index contributed by atoms with van der Waals surface area (Å²) >= 11 is 5.89. The van der Waals surface area contributed by atoms with Gasteiger partial charge in [-0.2, -0.15) is 0 Å². The number of phenols is 1. The molecule has 0 radical (unpaired) electrons. The zero-order chi connectivity index (χ0) is 19.7. The van der Waals surface area contributed by atoms with Crippen molar-refractivity contribution in [3.8, 4) is 11.4 Å². The number of anilines is 1. The Morgan fingerprint density at radius 2 is 1.79 bits per heavy atom. The van der Waals surface area contributed by atoms with Crippen LogP contribution in [0.3, 0.4) is 0 Å². The van der Waals surface area contributed by atoms with E-state index >= 15 is 0 Å². The van der Waals surface area contributed by atoms with Crippen molar-refractivity contribution in [2.24, 2.45) is 0 Å². The molecule has 7 heteroatoms. The number of nitrogens with zero attached hydrogens (tertiary/aromatic N) is 2. The summed E-state index contributed by atoms with van der Waals surface area (Å²) in [6.07, 6.45) is 1.46. The van der Waals surface area contributed by atoms with Crippen molar-refractivity contribution >= 4 is 34.1 Å². The van der Waals surface area contributed by atoms with Crippen LogP contribution < -0.4 is 10.9 Å². The average molecular weight is 392 g/mol. The van der Waals surface area contributed by atoms with Gasteiger partial charge in [-0.3, -0.25) is 14.2 Å². The molecule has 0 saturated heterocycles. The molecule has 4 aromatic rings. The second kappa shape index (κ2) is 7.17. The van der Waals surface area contributed by atoms with E-state index in [-0.39, 0.29) is 17.0 Å². The first-order valence-electron chi connectivity index (χ1n) is 8.39. The van der Waals surface area contributed by atoms with Crippen LogP contribution in [0.15, 0.2) is 77.9 Å². The average Bonchev–Trinajstić information content (AvgIpc) is 2.71. The van der Waals surface area contributed by atoms with Gasteiger partial charge >= 0.3 is 0 Å². The number of hydrogen-bond acceptors (Lipinski definition) is 4. The Labute approximate surface area is 164 Å². The smallest absolute Gasteiger partial charge is 0.265 e. The third-order valence-corrected chi connectivity index (χ3v) is 4.52. The molecule has 1 heterocycles. The van der Waals surface area contributed by atoms with Crippen molar-refractivity contribution in [1.29, 1.82) is 0 Å². The summed E-state index contributed by atoms with van der Waals surface area (Å²) < 4.78 is 1.42. The number of halogens is 1. The fourth-order valence-corrected chi connectivity index (χ4v) is 3.00. The first kappa shape index (κ1) is 17.8. The Bertz CT molecular complexity index is 1250. The van der Waals surface area contributed by atoms with E-state index < -0.39 is 5.91 Å². The van der Waals surface area contributed by atoms with Crippen LogP contribution in [0, 0.1) is 0 Å². The highest BCUT2D eigenvalue weighted by Gasteiger charge is 2.11. The van der Waals surface area contributed by atoms with E-state index in [2.05, 4.69) is 10.3 Å². The molecule has 0 aliphatic heterocycles. The lowest BCUT2D eigenvalue weighted by Gasteiger charge is -2.09. The van der Waals surface area contributed by atoms with E-state index in [1.165, 1.54) is 29.1 Å². The Kier molecular flexibility index (Phi) is 4.55. The molecule has 3 aromatic carbocycles. The van der Waals surface area contributed by atoms with Gasteiger partial charge in [0.15, 0.2) is 0 Å². The van der Waals surface area contributed by atoms with Gasteiger partial charge in [-0.25, -0.2) is 4.98 Å². The molecule has 0 saturated carbocycles. The summed E-state index contributed by atoms with van der Waals surface area (Å²) in [6, 6.07) is 18.0. The molecule has 1 amide bonds. The maximum atomic E-state index is 12.7. The molecule has 0 atom stereocenters. The molecule has 0 bridgehead atoms. The van der Waals surface area contributed by atoms with Crippen LogP contribution in [0.1, 0.15) is 10.4 Å². The van der Waals surface area contributed by atoms with Crippen LogP contribution in [-0.4, -0.2) is 20.6 Å². The zero-order valence-electron chi connectivity index (χ0n) is 14.5. The molecule has 1 aromatic heterocycles. The zero-order valence-corrected chi connectivity index (χ0v) is 15.2. The molecule has 2 N–H and O–H groups in total. The summed E-state index contributed by atoms with van der Waals surface area (Å²) in [5.41, 5.74) is 1.61. The summed E-state index contributed by atoms with van der Waals surface area (Å²) in [5.74, 6) is -0.490. The molecule has 138 valence electrons. The Balaban J connectivity index is 1.62. The highest BCUT2D eigenvalue weighted by atomic mass is 35.5. The highest BCUT2D eigenvalue weighted by Crippen LogP contribution is 2.27. The number of benzene rings is 3. The quantitative estimate of drug-likeness (QED) is 0.517. The van der Waals surface area contributed by atoms with Gasteiger partial charge in [-0.05, 0) is 54.6 Å². The third kappa shape index (κ3) is 3.33. The number of phenolic OH excluding ortho intramolecular Hbond substituents is 1. The van der Waals surface area contributed by atoms with Gasteiger partial charge in [-0.15, -0.1) is 0 Å². The number of para-hydroxylation sites is 1. The summed E-state index contributed by atoms with van der Waals surface area (Å²) in [5, 5.41) is 13.3. The minimum Gasteiger partial charge on any atom is -0.506 e. The van der Waals surface area contributed by atoms with E-state index in [9.17, 15) is 14.7 Å². The monoisotopic (exact) mass is 391 g/mol. The molecule has 0 aliphatic carbocycles. The largest absolute Gasteiger partial charge is 0.506 e. The number of aromatic hydroxyl groups is 1. The van der Waals surface area contributed by atoms with E-state index in [0.29, 0.717) is 27.2 Å². The van der Waals surface area contributed by atoms with Gasteiger partial charge in [-0.1, -0.05) is 23.7 Å². The Morgan fingerprint density at radius 1 is 1.04 bits per heavy atom. The molecular formula is C21H14ClN3O3. The Hall–Kier alpha value is -3.64. The summed E-state index contributed by atoms with van der Waals surface area (Å²) in [7, 11) is 0. The van der Waals surface area contributed by atoms with E-state index in [1.54, 1.807) is 42.5 Å². The molecule has 0 fully saturated rings. The van der Waals surface area contributed by atoms with E-state index in [4.69, 9.17) is 11.6 Å². The molecule has 0 aliphatic rings. The number of fused-ring (bicyclic) bond motifs is 1. The van der Waals surface area contributed by atoms with Crippen molar-refractivity contribution in [3.05, 3.63) is 94.0 Å². The first-order chi connectivity index (χ1) is 13.5. The fraction of sp³-hybridized carbons (Fsp3) is 0. The number of hydrogen-bond donors (Lipinski definition) is 2. The maximum Gasteiger partial charge on any atom is 0.265 e. The number of rotatable bonds is 3. The molecule has 28 heavy (non-hydrogen) atoms. The van der Waals surface area contributed by atoms with Gasteiger partial charge < -0.3 is 10.4 Å². The minimum absolute atomic E-state index is 0.0804. The topological polar surface area (TPSA) is 84.2 Å². The lowest BCUT2D eigenvalue weighted by Crippen LogP contribution is -2.19. The highest BCUT2D eigenvalue weighted by molar-refractivity contribution is 6.31. The van der Waals surface area contributed by atoms with Gasteiger partial charge in [0.05, 0.1) is 22.3 Å². The molecule has 0 spiro atoms. The molecule has 6 nitrogen and oxygen atoms in total. The normalized spacial score (nSPS) is 10.8. The minimum atomic E-state index is -0.409. The van der Waals surface area contributed by atoms with Gasteiger partial charge in [0.2, 0.25) is 0 Å². The van der Waals surface area contributed by atoms with Gasteiger partial charge in [0.1, 0.15) is 12.1 Å². The number of amides is 1. The number of nitrogens with one attached hydrogen (secondary N) is 1. The predicted molar refractivity (Wildman–Crippen MR) is 108 cm³/mol. The van der Waals surface area contributed by atoms with Crippen molar-refractivity contribution in [2.75, 3.05) is 5.32 Å². The van der Waals surface area contributed by atoms with Gasteiger partial charge in [0, 0.05) is 10.6 Å². The van der Waals surface area contributed by atoms with Crippen molar-refractivity contribution in [1.82, 2.24) is 9.55 Å². The molecular weight excluding hydrogens is 378 g/mol. The fourth-order valence-electron chi connectivity index (χ4n) is 2.83. The van der Waals surface area contributed by atoms with Crippen molar-refractivity contribution in [3.63, 3.8) is 0 Å². The second-order valence-electron chi connectivity index (χ2n) is 6.10. The maximum absolute atomic E-state index is 12.7. The third-order valence-electron chi connectivity index (χ3n) is 4.28. The van der Waals surface area contributed by atoms with Crippen LogP contribution in [0.4, 0.5) is 5.69 Å². The van der Waals surface area contributed by atoms with E-state index in [0.717, 1.165) is 0 Å². The molecule has 4 rings (SSSR count). The van der Waals surface area contributed by atoms with Gasteiger partial charge in [0.25, 0.3) is 11.5 Å². The SMILES string of the molecule is O=C(Nc1cc(Cl)ccc1O)c1ccc(-n2cnc3ccccc3c2=O)cc1. The van der Waals surface area contributed by atoms with Crippen molar-refractivity contribution in [2.45, 2.75) is 0 Å². The number of aromatic nitrogens is 2. The van der Waals surface area contributed by atoms with E-state index in [1.807, 2.05) is 6.07 Å². The lowest BCUT2D eigenvalue weighted by molar-refractivity contribution is 0.102. The van der Waals surface area contributed by atoms with Crippen LogP contribution >= 0.6 is 11.6 Å². The summed E-state index contributed by atoms with van der Waals surface area (Å²) in [4.78, 5) is 29.4. The molecule has 0 unspecified atom stereocenters. The Morgan fingerprint density at radius 3 is 2.57 bits per heavy atom. The van der Waals surface area contributed by atoms with Crippen LogP contribution in [-0.2, 0) is 0 Å². The van der Waals surface area contributed by atoms with Crippen molar-refractivity contribution < 1.29 is 9.90 Å². The standard InChI is InChI=1S/C21H14ClN3O3/c22-14-7-10-19(26)18(11-14)24-20(27)13-5-8-15(9-6-13)25-12-23-17-4-2-1-3-16(17)21(25)28/h1-12,26H,(H,24,27). The number of carbonyl (C=O) groups excluding carboxylic acids is 1.